The highest BCUT2D eigenvalue weighted by Gasteiger charge is 2.30. The number of hydrogen-bond acceptors (Lipinski definition) is 4. The molecule has 5 heteroatoms. The van der Waals surface area contributed by atoms with Crippen molar-refractivity contribution >= 4 is 45.5 Å². The molecular formula is C18H18N2OS2. The predicted molar refractivity (Wildman–Crippen MR) is 102 cm³/mol. The van der Waals surface area contributed by atoms with Gasteiger partial charge in [0.05, 0.1) is 4.91 Å². The normalized spacial score (nSPS) is 20.8. The minimum atomic E-state index is 0.00242. The fourth-order valence-electron chi connectivity index (χ4n) is 2.68. The number of thioether (sulfide) groups is 1. The lowest BCUT2D eigenvalue weighted by atomic mass is 9.99. The van der Waals surface area contributed by atoms with Gasteiger partial charge < -0.3 is 4.90 Å². The van der Waals surface area contributed by atoms with Crippen LogP contribution in [0.25, 0.3) is 5.57 Å². The Morgan fingerprint density at radius 1 is 1.17 bits per heavy atom. The number of para-hydroxylation sites is 1. The van der Waals surface area contributed by atoms with E-state index in [0.29, 0.717) is 15.8 Å². The van der Waals surface area contributed by atoms with Crippen LogP contribution in [0.15, 0.2) is 53.6 Å². The molecule has 118 valence electrons. The van der Waals surface area contributed by atoms with Crippen molar-refractivity contribution in [1.29, 1.82) is 0 Å². The maximum atomic E-state index is 12.3. The third-order valence-corrected chi connectivity index (χ3v) is 5.30. The number of anilines is 1. The number of benzene rings is 1. The number of thiocarbonyl (C=S) groups is 1. The summed E-state index contributed by atoms with van der Waals surface area (Å²) in [6, 6.07) is 8.31. The maximum absolute atomic E-state index is 12.3. The molecule has 2 aliphatic rings. The molecule has 1 amide bonds. The first kappa shape index (κ1) is 16.0. The van der Waals surface area contributed by atoms with Crippen LogP contribution >= 0.6 is 24.0 Å². The van der Waals surface area contributed by atoms with Crippen LogP contribution in [0, 0.1) is 0 Å². The van der Waals surface area contributed by atoms with Crippen LogP contribution in [0.4, 0.5) is 5.69 Å². The van der Waals surface area contributed by atoms with Crippen LogP contribution in [0.3, 0.4) is 0 Å². The zero-order chi connectivity index (χ0) is 16.4. The van der Waals surface area contributed by atoms with E-state index in [1.165, 1.54) is 23.0 Å². The second-order valence-corrected chi connectivity index (χ2v) is 6.86. The van der Waals surface area contributed by atoms with E-state index in [1.807, 2.05) is 31.2 Å². The molecule has 2 heterocycles. The molecule has 0 radical (unpaired) electrons. The zero-order valence-corrected chi connectivity index (χ0v) is 14.8. The van der Waals surface area contributed by atoms with E-state index in [0.717, 1.165) is 12.1 Å². The van der Waals surface area contributed by atoms with E-state index in [2.05, 4.69) is 36.2 Å². The van der Waals surface area contributed by atoms with Crippen LogP contribution in [0.1, 0.15) is 19.4 Å². The molecule has 0 bridgehead atoms. The molecule has 0 atom stereocenters. The molecule has 23 heavy (non-hydrogen) atoms. The van der Waals surface area contributed by atoms with Gasteiger partial charge in [0.25, 0.3) is 5.91 Å². The molecule has 3 rings (SSSR count). The highest BCUT2D eigenvalue weighted by Crippen LogP contribution is 2.34. The quantitative estimate of drug-likeness (QED) is 0.607. The Kier molecular flexibility index (Phi) is 4.68. The van der Waals surface area contributed by atoms with E-state index >= 15 is 0 Å². The van der Waals surface area contributed by atoms with E-state index in [-0.39, 0.29) is 5.91 Å². The number of amides is 1. The Balaban J connectivity index is 1.94. The van der Waals surface area contributed by atoms with Crippen LogP contribution in [0.5, 0.6) is 0 Å². The third-order valence-electron chi connectivity index (χ3n) is 3.90. The highest BCUT2D eigenvalue weighted by molar-refractivity contribution is 8.26. The molecule has 1 aromatic rings. The van der Waals surface area contributed by atoms with E-state index in [9.17, 15) is 4.79 Å². The molecule has 2 aliphatic heterocycles. The van der Waals surface area contributed by atoms with Gasteiger partial charge in [-0.15, -0.1) is 0 Å². The van der Waals surface area contributed by atoms with Crippen LogP contribution < -0.4 is 4.90 Å². The fourth-order valence-corrected chi connectivity index (χ4v) is 4.01. The van der Waals surface area contributed by atoms with Crippen molar-refractivity contribution in [3.05, 3.63) is 59.2 Å². The van der Waals surface area contributed by atoms with Crippen LogP contribution in [0.2, 0.25) is 0 Å². The highest BCUT2D eigenvalue weighted by atomic mass is 32.2. The summed E-state index contributed by atoms with van der Waals surface area (Å²) in [6.07, 6.45) is 8.06. The van der Waals surface area contributed by atoms with Gasteiger partial charge in [-0.3, -0.25) is 9.69 Å². The molecule has 0 aliphatic carbocycles. The SMILES string of the molecule is CCN1C(=O)C(=C/C=C2/C=CN(CC)c3ccccc32)SC1=S. The summed E-state index contributed by atoms with van der Waals surface area (Å²) < 4.78 is 0.638. The van der Waals surface area contributed by atoms with Gasteiger partial charge >= 0.3 is 0 Å². The van der Waals surface area contributed by atoms with E-state index in [4.69, 9.17) is 12.2 Å². The summed E-state index contributed by atoms with van der Waals surface area (Å²) in [7, 11) is 0. The lowest BCUT2D eigenvalue weighted by molar-refractivity contribution is -0.122. The van der Waals surface area contributed by atoms with Crippen molar-refractivity contribution < 1.29 is 4.79 Å². The molecule has 0 aromatic heterocycles. The second-order valence-electron chi connectivity index (χ2n) is 5.19. The van der Waals surface area contributed by atoms with Crippen molar-refractivity contribution in [2.24, 2.45) is 0 Å². The van der Waals surface area contributed by atoms with Gasteiger partial charge in [0.2, 0.25) is 0 Å². The molecule has 0 N–H and O–H groups in total. The van der Waals surface area contributed by atoms with Crippen molar-refractivity contribution in [2.45, 2.75) is 13.8 Å². The first-order valence-corrected chi connectivity index (χ1v) is 8.88. The summed E-state index contributed by atoms with van der Waals surface area (Å²) in [5.74, 6) is 0.00242. The topological polar surface area (TPSA) is 23.6 Å². The first-order valence-electron chi connectivity index (χ1n) is 7.65. The lowest BCUT2D eigenvalue weighted by Crippen LogP contribution is -2.27. The van der Waals surface area contributed by atoms with Crippen molar-refractivity contribution in [3.8, 4) is 0 Å². The molecular weight excluding hydrogens is 324 g/mol. The predicted octanol–water partition coefficient (Wildman–Crippen LogP) is 4.19. The first-order chi connectivity index (χ1) is 11.2. The maximum Gasteiger partial charge on any atom is 0.266 e. The standard InChI is InChI=1S/C18H18N2OS2/c1-3-19-12-11-13(14-7-5-6-8-15(14)19)9-10-16-17(21)20(4-2)18(22)23-16/h5-12H,3-4H2,1-2H3/b13-9-,16-10?. The summed E-state index contributed by atoms with van der Waals surface area (Å²) in [4.78, 5) is 16.8. The third kappa shape index (κ3) is 2.99. The summed E-state index contributed by atoms with van der Waals surface area (Å²) in [6.45, 7) is 5.61. The van der Waals surface area contributed by atoms with Crippen molar-refractivity contribution in [3.63, 3.8) is 0 Å². The average molecular weight is 342 g/mol. The summed E-state index contributed by atoms with van der Waals surface area (Å²) >= 11 is 6.62. The van der Waals surface area contributed by atoms with E-state index < -0.39 is 0 Å². The smallest absolute Gasteiger partial charge is 0.266 e. The number of allylic oxidation sites excluding steroid dienone is 4. The Morgan fingerprint density at radius 2 is 1.96 bits per heavy atom. The van der Waals surface area contributed by atoms with Gasteiger partial charge in [-0.1, -0.05) is 48.3 Å². The van der Waals surface area contributed by atoms with Gasteiger partial charge in [-0.25, -0.2) is 0 Å². The van der Waals surface area contributed by atoms with Crippen molar-refractivity contribution in [2.75, 3.05) is 18.0 Å². The van der Waals surface area contributed by atoms with Crippen LogP contribution in [-0.4, -0.2) is 28.2 Å². The number of fused-ring (bicyclic) bond motifs is 1. The average Bonchev–Trinajstić information content (AvgIpc) is 2.85. The molecule has 0 spiro atoms. The number of carbonyl (C=O) groups is 1. The Bertz CT molecular complexity index is 749. The van der Waals surface area contributed by atoms with Gasteiger partial charge in [0.1, 0.15) is 4.32 Å². The fraction of sp³-hybridized carbons (Fsp3) is 0.222. The monoisotopic (exact) mass is 342 g/mol. The zero-order valence-electron chi connectivity index (χ0n) is 13.2. The largest absolute Gasteiger partial charge is 0.348 e. The number of hydrogen-bond donors (Lipinski definition) is 0. The van der Waals surface area contributed by atoms with Gasteiger partial charge in [0, 0.05) is 30.5 Å². The van der Waals surface area contributed by atoms with Crippen molar-refractivity contribution in [1.82, 2.24) is 4.90 Å². The second kappa shape index (κ2) is 6.72. The van der Waals surface area contributed by atoms with E-state index in [1.54, 1.807) is 4.90 Å². The summed E-state index contributed by atoms with van der Waals surface area (Å²) in [5, 5.41) is 0. The minimum absolute atomic E-state index is 0.00242. The van der Waals surface area contributed by atoms with Gasteiger partial charge in [-0.2, -0.15) is 0 Å². The Hall–Kier alpha value is -1.85. The summed E-state index contributed by atoms with van der Waals surface area (Å²) in [5.41, 5.74) is 3.48. The van der Waals surface area contributed by atoms with Gasteiger partial charge in [-0.05, 0) is 37.6 Å². The molecule has 0 saturated carbocycles. The molecule has 1 fully saturated rings. The lowest BCUT2D eigenvalue weighted by Gasteiger charge is -2.26. The van der Waals surface area contributed by atoms with Gasteiger partial charge in [0.15, 0.2) is 0 Å². The molecule has 0 unspecified atom stereocenters. The number of nitrogens with zero attached hydrogens (tertiary/aromatic N) is 2. The minimum Gasteiger partial charge on any atom is -0.348 e. The number of rotatable bonds is 3. The molecule has 3 nitrogen and oxygen atoms in total. The molecule has 1 aromatic carbocycles. The molecule has 1 saturated heterocycles. The Labute approximate surface area is 146 Å². The van der Waals surface area contributed by atoms with Crippen LogP contribution in [-0.2, 0) is 4.79 Å². The Morgan fingerprint density at radius 3 is 2.65 bits per heavy atom. The number of carbonyl (C=O) groups excluding carboxylic acids is 1. The number of likely N-dealkylation sites (N-methyl/N-ethyl adjacent to an activating group) is 1.